The molecule has 0 spiro atoms. The fourth-order valence-electron chi connectivity index (χ4n) is 0.643. The highest BCUT2D eigenvalue weighted by molar-refractivity contribution is 4.41. The van der Waals surface area contributed by atoms with Gasteiger partial charge in [0.15, 0.2) is 6.29 Å². The second-order valence-corrected chi connectivity index (χ2v) is 1.90. The molecular weight excluding hydrogens is 118 g/mol. The summed E-state index contributed by atoms with van der Waals surface area (Å²) in [5.41, 5.74) is 3.72. The first-order chi connectivity index (χ1) is 4.35. The zero-order chi connectivity index (χ0) is 7.11. The van der Waals surface area contributed by atoms with Gasteiger partial charge < -0.3 is 15.2 Å². The standard InChI is InChI=1S/C6H15NO2/c1-8-6(9-2)4-3-5-7/h6H,3-5,7H2,1-2H3/p+1. The van der Waals surface area contributed by atoms with Crippen LogP contribution in [0.2, 0.25) is 0 Å². The van der Waals surface area contributed by atoms with E-state index < -0.39 is 0 Å². The molecule has 0 atom stereocenters. The maximum Gasteiger partial charge on any atom is 0.157 e. The Kier molecular flexibility index (Phi) is 5.93. The van der Waals surface area contributed by atoms with Crippen molar-refractivity contribution in [2.24, 2.45) is 0 Å². The van der Waals surface area contributed by atoms with Crippen molar-refractivity contribution < 1.29 is 15.2 Å². The highest BCUT2D eigenvalue weighted by Gasteiger charge is 2.02. The van der Waals surface area contributed by atoms with Crippen LogP contribution in [0.3, 0.4) is 0 Å². The minimum atomic E-state index is -0.0354. The van der Waals surface area contributed by atoms with Gasteiger partial charge in [-0.05, 0) is 0 Å². The van der Waals surface area contributed by atoms with E-state index in [1.165, 1.54) is 0 Å². The van der Waals surface area contributed by atoms with Gasteiger partial charge in [-0.2, -0.15) is 0 Å². The molecule has 3 heteroatoms. The van der Waals surface area contributed by atoms with Crippen molar-refractivity contribution in [2.45, 2.75) is 19.1 Å². The molecular formula is C6H16NO2+. The zero-order valence-electron chi connectivity index (χ0n) is 6.22. The second-order valence-electron chi connectivity index (χ2n) is 1.90. The Hall–Kier alpha value is -0.120. The average molecular weight is 134 g/mol. The van der Waals surface area contributed by atoms with Crippen LogP contribution in [-0.4, -0.2) is 27.1 Å². The van der Waals surface area contributed by atoms with Gasteiger partial charge in [0, 0.05) is 27.1 Å². The van der Waals surface area contributed by atoms with Gasteiger partial charge in [0.2, 0.25) is 0 Å². The van der Waals surface area contributed by atoms with Gasteiger partial charge in [-0.1, -0.05) is 0 Å². The van der Waals surface area contributed by atoms with E-state index in [1.807, 2.05) is 0 Å². The van der Waals surface area contributed by atoms with Crippen LogP contribution < -0.4 is 5.73 Å². The normalized spacial score (nSPS) is 10.7. The Labute approximate surface area is 56.1 Å². The van der Waals surface area contributed by atoms with Crippen molar-refractivity contribution in [3.8, 4) is 0 Å². The monoisotopic (exact) mass is 134 g/mol. The predicted molar refractivity (Wildman–Crippen MR) is 34.8 cm³/mol. The van der Waals surface area contributed by atoms with Crippen molar-refractivity contribution in [3.63, 3.8) is 0 Å². The molecule has 0 rings (SSSR count). The maximum absolute atomic E-state index is 4.95. The molecule has 0 saturated heterocycles. The lowest BCUT2D eigenvalue weighted by molar-refractivity contribution is -0.369. The van der Waals surface area contributed by atoms with Crippen LogP contribution in [0.15, 0.2) is 0 Å². The molecule has 0 aromatic rings. The minimum Gasteiger partial charge on any atom is -0.358 e. The Morgan fingerprint density at radius 2 is 1.89 bits per heavy atom. The third-order valence-electron chi connectivity index (χ3n) is 1.22. The molecule has 0 amide bonds. The molecule has 9 heavy (non-hydrogen) atoms. The van der Waals surface area contributed by atoms with Gasteiger partial charge >= 0.3 is 0 Å². The average Bonchev–Trinajstić information content (AvgIpc) is 1.91. The lowest BCUT2D eigenvalue weighted by atomic mass is 10.3. The third-order valence-corrected chi connectivity index (χ3v) is 1.22. The van der Waals surface area contributed by atoms with Crippen molar-refractivity contribution >= 4 is 0 Å². The van der Waals surface area contributed by atoms with E-state index in [2.05, 4.69) is 5.73 Å². The summed E-state index contributed by atoms with van der Waals surface area (Å²) < 4.78 is 9.90. The van der Waals surface area contributed by atoms with Gasteiger partial charge in [0.25, 0.3) is 0 Å². The van der Waals surface area contributed by atoms with Crippen LogP contribution in [0.5, 0.6) is 0 Å². The minimum absolute atomic E-state index is 0.0354. The first-order valence-electron chi connectivity index (χ1n) is 3.20. The molecule has 56 valence electrons. The van der Waals surface area contributed by atoms with Crippen molar-refractivity contribution in [1.82, 2.24) is 0 Å². The molecule has 3 N–H and O–H groups in total. The zero-order valence-corrected chi connectivity index (χ0v) is 6.22. The van der Waals surface area contributed by atoms with E-state index in [1.54, 1.807) is 14.2 Å². The molecule has 0 heterocycles. The fourth-order valence-corrected chi connectivity index (χ4v) is 0.643. The molecule has 0 unspecified atom stereocenters. The Bertz CT molecular complexity index is 55.0. The van der Waals surface area contributed by atoms with E-state index in [4.69, 9.17) is 9.47 Å². The largest absolute Gasteiger partial charge is 0.358 e. The lowest BCUT2D eigenvalue weighted by Gasteiger charge is -2.10. The van der Waals surface area contributed by atoms with E-state index in [-0.39, 0.29) is 6.29 Å². The number of hydrogen-bond donors (Lipinski definition) is 1. The highest BCUT2D eigenvalue weighted by Crippen LogP contribution is 1.98. The van der Waals surface area contributed by atoms with Gasteiger partial charge in [0.1, 0.15) is 0 Å². The third kappa shape index (κ3) is 4.39. The summed E-state index contributed by atoms with van der Waals surface area (Å²) in [6.07, 6.45) is 1.97. The van der Waals surface area contributed by atoms with Gasteiger partial charge in [0.05, 0.1) is 6.54 Å². The second kappa shape index (κ2) is 6.01. The molecule has 0 aliphatic heterocycles. The lowest BCUT2D eigenvalue weighted by Crippen LogP contribution is -2.50. The fraction of sp³-hybridized carbons (Fsp3) is 1.00. The van der Waals surface area contributed by atoms with Gasteiger partial charge in [-0.15, -0.1) is 0 Å². The van der Waals surface area contributed by atoms with Gasteiger partial charge in [-0.25, -0.2) is 0 Å². The highest BCUT2D eigenvalue weighted by atomic mass is 16.7. The van der Waals surface area contributed by atoms with Crippen LogP contribution in [0.25, 0.3) is 0 Å². The predicted octanol–water partition coefficient (Wildman–Crippen LogP) is -0.373. The smallest absolute Gasteiger partial charge is 0.157 e. The Morgan fingerprint density at radius 1 is 1.33 bits per heavy atom. The molecule has 0 aromatic heterocycles. The first-order valence-corrected chi connectivity index (χ1v) is 3.20. The van der Waals surface area contributed by atoms with E-state index in [9.17, 15) is 0 Å². The van der Waals surface area contributed by atoms with Crippen LogP contribution >= 0.6 is 0 Å². The maximum atomic E-state index is 4.95. The number of methoxy groups -OCH3 is 2. The Morgan fingerprint density at radius 3 is 2.22 bits per heavy atom. The van der Waals surface area contributed by atoms with Gasteiger partial charge in [-0.3, -0.25) is 0 Å². The summed E-state index contributed by atoms with van der Waals surface area (Å²) in [5, 5.41) is 0. The summed E-state index contributed by atoms with van der Waals surface area (Å²) in [6.45, 7) is 0.948. The quantitative estimate of drug-likeness (QED) is 0.521. The van der Waals surface area contributed by atoms with Crippen LogP contribution in [0.1, 0.15) is 12.8 Å². The molecule has 0 fully saturated rings. The summed E-state index contributed by atoms with van der Waals surface area (Å²) >= 11 is 0. The van der Waals surface area contributed by atoms with E-state index in [0.717, 1.165) is 19.4 Å². The summed E-state index contributed by atoms with van der Waals surface area (Å²) in [5.74, 6) is 0. The van der Waals surface area contributed by atoms with Crippen molar-refractivity contribution in [1.29, 1.82) is 0 Å². The van der Waals surface area contributed by atoms with Crippen LogP contribution in [0.4, 0.5) is 0 Å². The number of quaternary nitrogens is 1. The molecule has 0 aromatic carbocycles. The Balaban J connectivity index is 3.09. The SMILES string of the molecule is COC(CCC[NH3+])OC. The molecule has 0 aliphatic carbocycles. The number of rotatable bonds is 5. The molecule has 0 radical (unpaired) electrons. The van der Waals surface area contributed by atoms with E-state index >= 15 is 0 Å². The molecule has 0 saturated carbocycles. The first kappa shape index (κ1) is 8.88. The number of ether oxygens (including phenoxy) is 2. The van der Waals surface area contributed by atoms with E-state index in [0.29, 0.717) is 0 Å². The van der Waals surface area contributed by atoms with Crippen LogP contribution in [0, 0.1) is 0 Å². The van der Waals surface area contributed by atoms with Crippen molar-refractivity contribution in [2.75, 3.05) is 20.8 Å². The topological polar surface area (TPSA) is 46.1 Å². The summed E-state index contributed by atoms with van der Waals surface area (Å²) in [7, 11) is 3.30. The molecule has 0 bridgehead atoms. The summed E-state index contributed by atoms with van der Waals surface area (Å²) in [4.78, 5) is 0. The molecule has 3 nitrogen and oxygen atoms in total. The molecule has 0 aliphatic rings. The summed E-state index contributed by atoms with van der Waals surface area (Å²) in [6, 6.07) is 0. The van der Waals surface area contributed by atoms with Crippen molar-refractivity contribution in [3.05, 3.63) is 0 Å². The number of hydrogen-bond acceptors (Lipinski definition) is 2. The van der Waals surface area contributed by atoms with Crippen LogP contribution in [-0.2, 0) is 9.47 Å².